The van der Waals surface area contributed by atoms with Gasteiger partial charge in [-0.1, -0.05) is 48.0 Å². The van der Waals surface area contributed by atoms with Crippen LogP contribution in [0, 0.1) is 0 Å². The lowest BCUT2D eigenvalue weighted by Crippen LogP contribution is -2.37. The zero-order valence-corrected chi connectivity index (χ0v) is 20.2. The Morgan fingerprint density at radius 3 is 2.41 bits per heavy atom. The lowest BCUT2D eigenvalue weighted by atomic mass is 10.1. The smallest absolute Gasteiger partial charge is 0.191 e. The average molecular weight is 532 g/mol. The third kappa shape index (κ3) is 10.8. The molecule has 0 radical (unpaired) electrons. The van der Waals surface area contributed by atoms with E-state index >= 15 is 0 Å². The van der Waals surface area contributed by atoms with E-state index in [0.717, 1.165) is 36.1 Å². The van der Waals surface area contributed by atoms with E-state index in [2.05, 4.69) is 39.9 Å². The van der Waals surface area contributed by atoms with Crippen LogP contribution in [0.25, 0.3) is 0 Å². The molecule has 0 saturated heterocycles. The molecule has 0 saturated carbocycles. The fourth-order valence-electron chi connectivity index (χ4n) is 2.66. The molecule has 2 aromatic rings. The van der Waals surface area contributed by atoms with Crippen LogP contribution in [0.4, 0.5) is 0 Å². The highest BCUT2D eigenvalue weighted by Crippen LogP contribution is 2.09. The third-order valence-electron chi connectivity index (χ3n) is 4.14. The molecule has 0 heterocycles. The number of ether oxygens (including phenoxy) is 2. The highest BCUT2D eigenvalue weighted by molar-refractivity contribution is 14.0. The summed E-state index contributed by atoms with van der Waals surface area (Å²) in [6.07, 6.45) is 0.909. The van der Waals surface area contributed by atoms with E-state index in [4.69, 9.17) is 21.1 Å². The van der Waals surface area contributed by atoms with Crippen LogP contribution in [0.1, 0.15) is 23.6 Å². The molecule has 5 nitrogen and oxygen atoms in total. The van der Waals surface area contributed by atoms with Crippen molar-refractivity contribution in [1.29, 1.82) is 0 Å². The first-order valence-corrected chi connectivity index (χ1v) is 10.0. The highest BCUT2D eigenvalue weighted by atomic mass is 127. The summed E-state index contributed by atoms with van der Waals surface area (Å²) in [5, 5.41) is 7.45. The van der Waals surface area contributed by atoms with Gasteiger partial charge in [0, 0.05) is 31.8 Å². The Morgan fingerprint density at radius 2 is 1.69 bits per heavy atom. The monoisotopic (exact) mass is 531 g/mol. The average Bonchev–Trinajstić information content (AvgIpc) is 2.72. The molecular weight excluding hydrogens is 501 g/mol. The summed E-state index contributed by atoms with van der Waals surface area (Å²) < 4.78 is 10.9. The molecule has 0 aliphatic rings. The Hall–Kier alpha value is -1.35. The second-order valence-electron chi connectivity index (χ2n) is 6.30. The molecule has 0 unspecified atom stereocenters. The summed E-state index contributed by atoms with van der Waals surface area (Å²) in [5.41, 5.74) is 3.58. The summed E-state index contributed by atoms with van der Waals surface area (Å²) in [4.78, 5) is 4.28. The van der Waals surface area contributed by atoms with Gasteiger partial charge in [-0.15, -0.1) is 24.0 Å². The van der Waals surface area contributed by atoms with Crippen molar-refractivity contribution in [2.24, 2.45) is 4.99 Å². The first kappa shape index (κ1) is 25.7. The second kappa shape index (κ2) is 15.5. The number of hydrogen-bond acceptors (Lipinski definition) is 3. The molecule has 0 aromatic heterocycles. The third-order valence-corrected chi connectivity index (χ3v) is 4.39. The van der Waals surface area contributed by atoms with Gasteiger partial charge in [0.1, 0.15) is 0 Å². The maximum absolute atomic E-state index is 5.92. The predicted octanol–water partition coefficient (Wildman–Crippen LogP) is 4.42. The zero-order chi connectivity index (χ0) is 20.0. The summed E-state index contributed by atoms with van der Waals surface area (Å²) in [7, 11) is 1.78. The minimum absolute atomic E-state index is 0. The van der Waals surface area contributed by atoms with Gasteiger partial charge in [0.05, 0.1) is 19.8 Å². The van der Waals surface area contributed by atoms with E-state index in [9.17, 15) is 0 Å². The fraction of sp³-hybridized carbons (Fsp3) is 0.409. The van der Waals surface area contributed by atoms with Crippen LogP contribution in [0.3, 0.4) is 0 Å². The number of guanidine groups is 1. The predicted molar refractivity (Wildman–Crippen MR) is 131 cm³/mol. The van der Waals surface area contributed by atoms with Gasteiger partial charge in [0.25, 0.3) is 0 Å². The van der Waals surface area contributed by atoms with Crippen molar-refractivity contribution in [3.63, 3.8) is 0 Å². The Labute approximate surface area is 196 Å². The van der Waals surface area contributed by atoms with Crippen LogP contribution in [-0.4, -0.2) is 39.4 Å². The molecule has 0 spiro atoms. The Kier molecular flexibility index (Phi) is 13.7. The van der Waals surface area contributed by atoms with Gasteiger partial charge in [-0.3, -0.25) is 4.99 Å². The van der Waals surface area contributed by atoms with Crippen LogP contribution in [0.2, 0.25) is 5.02 Å². The van der Waals surface area contributed by atoms with E-state index in [0.29, 0.717) is 26.4 Å². The molecule has 0 amide bonds. The minimum Gasteiger partial charge on any atom is -0.379 e. The lowest BCUT2D eigenvalue weighted by Gasteiger charge is -2.13. The Bertz CT molecular complexity index is 726. The maximum Gasteiger partial charge on any atom is 0.191 e. The van der Waals surface area contributed by atoms with Crippen LogP contribution in [0.5, 0.6) is 0 Å². The number of nitrogens with one attached hydrogen (secondary N) is 2. The first-order valence-electron chi connectivity index (χ1n) is 9.63. The van der Waals surface area contributed by atoms with Gasteiger partial charge in [-0.05, 0) is 42.2 Å². The molecular formula is C22H31ClIN3O2. The standard InChI is InChI=1S/C22H30ClN3O2.HI/c1-3-27-13-14-28-17-20-6-4-5-19(15-20)16-26-22(24-2)25-12-11-18-7-9-21(23)10-8-18;/h4-10,15H,3,11-14,16-17H2,1-2H3,(H2,24,25,26);1H. The molecule has 0 aliphatic carbocycles. The maximum atomic E-state index is 5.92. The van der Waals surface area contributed by atoms with Gasteiger partial charge >= 0.3 is 0 Å². The number of nitrogens with zero attached hydrogens (tertiary/aromatic N) is 1. The van der Waals surface area contributed by atoms with Crippen molar-refractivity contribution in [2.75, 3.05) is 33.4 Å². The van der Waals surface area contributed by atoms with Gasteiger partial charge in [-0.2, -0.15) is 0 Å². The first-order chi connectivity index (χ1) is 13.7. The lowest BCUT2D eigenvalue weighted by molar-refractivity contribution is 0.0453. The van der Waals surface area contributed by atoms with Crippen molar-refractivity contribution in [3.8, 4) is 0 Å². The van der Waals surface area contributed by atoms with Crippen LogP contribution in [-0.2, 0) is 29.0 Å². The van der Waals surface area contributed by atoms with E-state index in [1.165, 1.54) is 11.1 Å². The molecule has 0 aliphatic heterocycles. The number of aliphatic imine (C=N–C) groups is 1. The molecule has 7 heteroatoms. The molecule has 2 aromatic carbocycles. The van der Waals surface area contributed by atoms with Gasteiger partial charge in [0.2, 0.25) is 0 Å². The fourth-order valence-corrected chi connectivity index (χ4v) is 2.79. The quantitative estimate of drug-likeness (QED) is 0.195. The SMILES string of the molecule is CCOCCOCc1cccc(CNC(=NC)NCCc2ccc(Cl)cc2)c1.I. The van der Waals surface area contributed by atoms with Crippen molar-refractivity contribution in [1.82, 2.24) is 10.6 Å². The van der Waals surface area contributed by atoms with E-state index < -0.39 is 0 Å². The largest absolute Gasteiger partial charge is 0.379 e. The number of halogens is 2. The van der Waals surface area contributed by atoms with Gasteiger partial charge in [0.15, 0.2) is 5.96 Å². The number of benzene rings is 2. The molecule has 2 rings (SSSR count). The van der Waals surface area contributed by atoms with Crippen molar-refractivity contribution >= 4 is 41.5 Å². The molecule has 2 N–H and O–H groups in total. The number of hydrogen-bond donors (Lipinski definition) is 2. The number of rotatable bonds is 11. The highest BCUT2D eigenvalue weighted by Gasteiger charge is 2.01. The molecule has 29 heavy (non-hydrogen) atoms. The van der Waals surface area contributed by atoms with E-state index in [-0.39, 0.29) is 24.0 Å². The summed E-state index contributed by atoms with van der Waals surface area (Å²) in [6, 6.07) is 16.3. The van der Waals surface area contributed by atoms with Crippen molar-refractivity contribution < 1.29 is 9.47 Å². The van der Waals surface area contributed by atoms with Crippen LogP contribution < -0.4 is 10.6 Å². The zero-order valence-electron chi connectivity index (χ0n) is 17.1. The second-order valence-corrected chi connectivity index (χ2v) is 6.73. The summed E-state index contributed by atoms with van der Waals surface area (Å²) in [6.45, 7) is 6.05. The Morgan fingerprint density at radius 1 is 0.966 bits per heavy atom. The van der Waals surface area contributed by atoms with Gasteiger partial charge in [-0.25, -0.2) is 0 Å². The van der Waals surface area contributed by atoms with Crippen molar-refractivity contribution in [2.45, 2.75) is 26.5 Å². The normalized spacial score (nSPS) is 11.1. The van der Waals surface area contributed by atoms with Gasteiger partial charge < -0.3 is 20.1 Å². The van der Waals surface area contributed by atoms with E-state index in [1.807, 2.05) is 31.2 Å². The van der Waals surface area contributed by atoms with Crippen LogP contribution in [0.15, 0.2) is 53.5 Å². The Balaban J connectivity index is 0.00000420. The molecule has 0 atom stereocenters. The molecule has 160 valence electrons. The van der Waals surface area contributed by atoms with Crippen LogP contribution >= 0.6 is 35.6 Å². The summed E-state index contributed by atoms with van der Waals surface area (Å²) >= 11 is 5.92. The minimum atomic E-state index is 0. The van der Waals surface area contributed by atoms with Crippen molar-refractivity contribution in [3.05, 3.63) is 70.2 Å². The topological polar surface area (TPSA) is 54.9 Å². The summed E-state index contributed by atoms with van der Waals surface area (Å²) in [5.74, 6) is 0.785. The molecule has 0 bridgehead atoms. The van der Waals surface area contributed by atoms with E-state index in [1.54, 1.807) is 7.05 Å². The molecule has 0 fully saturated rings.